The molecule has 0 saturated carbocycles. The van der Waals surface area contributed by atoms with Crippen LogP contribution >= 0.6 is 11.3 Å². The topological polar surface area (TPSA) is 72.4 Å². The Labute approximate surface area is 119 Å². The van der Waals surface area contributed by atoms with E-state index in [-0.39, 0.29) is 5.56 Å². The number of rotatable bonds is 2. The number of thiophene rings is 1. The Balaban J connectivity index is 0.000000347. The van der Waals surface area contributed by atoms with Gasteiger partial charge in [-0.25, -0.2) is 0 Å². The second-order valence-electron chi connectivity index (χ2n) is 3.35. The first-order valence-corrected chi connectivity index (χ1v) is 7.01. The fraction of sp³-hybridized carbons (Fsp3) is 0.0909. The molecule has 9 heteroatoms. The largest absolute Gasteiger partial charge is 0.758 e. The van der Waals surface area contributed by atoms with Crippen molar-refractivity contribution in [3.8, 4) is 11.1 Å². The lowest BCUT2D eigenvalue weighted by Crippen LogP contribution is -2.08. The van der Waals surface area contributed by atoms with Gasteiger partial charge in [0.1, 0.15) is 4.88 Å². The molecule has 2 aromatic rings. The number of benzene rings is 1. The molecule has 0 saturated heterocycles. The van der Waals surface area contributed by atoms with Gasteiger partial charge in [-0.2, -0.15) is 13.2 Å². The van der Waals surface area contributed by atoms with E-state index in [4.69, 9.17) is 14.0 Å². The highest BCUT2D eigenvalue weighted by molar-refractivity contribution is 7.76. The second-order valence-corrected chi connectivity index (χ2v) is 4.92. The maximum Gasteiger partial charge on any atom is 0.426 e. The van der Waals surface area contributed by atoms with Gasteiger partial charge >= 0.3 is 6.18 Å². The predicted molar refractivity (Wildman–Crippen MR) is 68.6 cm³/mol. The number of hydrogen-bond donors (Lipinski definition) is 2. The van der Waals surface area contributed by atoms with E-state index in [1.807, 2.05) is 0 Å². The molecule has 1 aromatic heterocycles. The van der Waals surface area contributed by atoms with Gasteiger partial charge in [0.15, 0.2) is 0 Å². The lowest BCUT2D eigenvalue weighted by Gasteiger charge is -2.07. The highest BCUT2D eigenvalue weighted by Crippen LogP contribution is 2.40. The Hall–Kier alpha value is -1.26. The quantitative estimate of drug-likeness (QED) is 0.658. The van der Waals surface area contributed by atoms with Crippen LogP contribution in [0.4, 0.5) is 13.2 Å². The summed E-state index contributed by atoms with van der Waals surface area (Å²) in [4.78, 5) is 0.411. The zero-order valence-electron chi connectivity index (χ0n) is 9.76. The minimum absolute atomic E-state index is 0.258. The monoisotopic (exact) mass is 324 g/mol. The maximum atomic E-state index is 12.6. The first-order chi connectivity index (χ1) is 9.36. The Kier molecular flexibility index (Phi) is 6.30. The molecule has 0 spiro atoms. The lowest BCUT2D eigenvalue weighted by molar-refractivity contribution is -0.133. The van der Waals surface area contributed by atoms with Gasteiger partial charge < -0.3 is 9.76 Å². The number of hydrogen-bond acceptors (Lipinski definition) is 4. The molecule has 1 unspecified atom stereocenters. The molecule has 1 atom stereocenters. The van der Waals surface area contributed by atoms with Crippen molar-refractivity contribution >= 4 is 22.6 Å². The van der Waals surface area contributed by atoms with Crippen LogP contribution in [0.5, 0.6) is 0 Å². The van der Waals surface area contributed by atoms with E-state index in [1.165, 1.54) is 11.4 Å². The van der Waals surface area contributed by atoms with E-state index < -0.39 is 22.3 Å². The van der Waals surface area contributed by atoms with Crippen LogP contribution < -0.4 is 4.89 Å². The van der Waals surface area contributed by atoms with Crippen molar-refractivity contribution in [3.63, 3.8) is 0 Å². The lowest BCUT2D eigenvalue weighted by atomic mass is 10.1. The fourth-order valence-corrected chi connectivity index (χ4v) is 2.16. The Bertz CT molecular complexity index is 558. The van der Waals surface area contributed by atoms with Gasteiger partial charge in [0.2, 0.25) is 0 Å². The van der Waals surface area contributed by atoms with E-state index in [2.05, 4.69) is 0 Å². The summed E-state index contributed by atoms with van der Waals surface area (Å²) in [6, 6.07) is 10.1. The van der Waals surface area contributed by atoms with Crippen molar-refractivity contribution in [2.24, 2.45) is 0 Å². The first-order valence-electron chi connectivity index (χ1n) is 5.05. The molecule has 0 bridgehead atoms. The molecule has 1 heterocycles. The van der Waals surface area contributed by atoms with Crippen LogP contribution in [0, 0.1) is 0 Å². The fourth-order valence-electron chi connectivity index (χ4n) is 1.37. The second kappa shape index (κ2) is 7.50. The molecule has 1 aromatic carbocycles. The Morgan fingerprint density at radius 2 is 1.75 bits per heavy atom. The minimum Gasteiger partial charge on any atom is -0.758 e. The summed E-state index contributed by atoms with van der Waals surface area (Å²) < 4.78 is 55.7. The van der Waals surface area contributed by atoms with Gasteiger partial charge in [-0.05, 0) is 17.0 Å². The molecule has 0 fully saturated rings. The van der Waals surface area contributed by atoms with Crippen LogP contribution in [0.3, 0.4) is 0 Å². The summed E-state index contributed by atoms with van der Waals surface area (Å²) in [5, 5.41) is 8.74. The molecule has 0 aliphatic carbocycles. The normalized spacial score (nSPS) is 12.4. The van der Waals surface area contributed by atoms with Crippen LogP contribution in [-0.4, -0.2) is 14.0 Å². The molecule has 0 amide bonds. The SMILES string of the molecule is FC(F)(F)c1sccc1-c1ccccc1.O=S([O-])NO. The van der Waals surface area contributed by atoms with Crippen LogP contribution in [-0.2, 0) is 17.4 Å². The van der Waals surface area contributed by atoms with Crippen LogP contribution in [0.2, 0.25) is 0 Å². The molecule has 0 aliphatic heterocycles. The summed E-state index contributed by atoms with van der Waals surface area (Å²) >= 11 is -1.79. The Morgan fingerprint density at radius 3 is 2.20 bits per heavy atom. The van der Waals surface area contributed by atoms with Gasteiger partial charge in [0.05, 0.1) is 0 Å². The minimum atomic E-state index is -4.26. The number of alkyl halides is 3. The average Bonchev–Trinajstić information content (AvgIpc) is 2.89. The standard InChI is InChI=1S/C11H7F3S.H3NO3S/c12-11(13,14)10-9(6-7-15-10)8-4-2-1-3-5-8;2-1-5(3)4/h1-7H;1-2H,(H,3,4)/p-1. The summed E-state index contributed by atoms with van der Waals surface area (Å²) in [6.07, 6.45) is -4.26. The average molecular weight is 324 g/mol. The molecular weight excluding hydrogens is 315 g/mol. The van der Waals surface area contributed by atoms with Gasteiger partial charge in [-0.15, -0.1) is 16.2 Å². The molecule has 2 N–H and O–H groups in total. The summed E-state index contributed by atoms with van der Waals surface area (Å²) in [7, 11) is 0. The third kappa shape index (κ3) is 5.02. The Morgan fingerprint density at radius 1 is 1.20 bits per heavy atom. The van der Waals surface area contributed by atoms with Crippen molar-refractivity contribution in [2.75, 3.05) is 0 Å². The van der Waals surface area contributed by atoms with Crippen molar-refractivity contribution in [1.82, 2.24) is 4.89 Å². The molecule has 0 radical (unpaired) electrons. The van der Waals surface area contributed by atoms with E-state index in [9.17, 15) is 13.2 Å². The van der Waals surface area contributed by atoms with Crippen LogP contribution in [0.25, 0.3) is 11.1 Å². The van der Waals surface area contributed by atoms with E-state index in [0.29, 0.717) is 5.56 Å². The van der Waals surface area contributed by atoms with E-state index in [1.54, 1.807) is 30.3 Å². The van der Waals surface area contributed by atoms with E-state index >= 15 is 0 Å². The third-order valence-electron chi connectivity index (χ3n) is 2.08. The predicted octanol–water partition coefficient (Wildman–Crippen LogP) is 3.19. The molecular formula is C11H9F3NO3S2-. The number of nitrogens with one attached hydrogen (secondary N) is 1. The van der Waals surface area contributed by atoms with Crippen LogP contribution in [0.1, 0.15) is 4.88 Å². The number of halogens is 3. The maximum absolute atomic E-state index is 12.6. The molecule has 4 nitrogen and oxygen atoms in total. The first kappa shape index (κ1) is 16.8. The van der Waals surface area contributed by atoms with Gasteiger partial charge in [0.25, 0.3) is 0 Å². The smallest absolute Gasteiger partial charge is 0.426 e. The van der Waals surface area contributed by atoms with Crippen molar-refractivity contribution in [2.45, 2.75) is 6.18 Å². The summed E-state index contributed by atoms with van der Waals surface area (Å²) in [5.41, 5.74) is 0.860. The van der Waals surface area contributed by atoms with Gasteiger partial charge in [-0.3, -0.25) is 4.21 Å². The summed E-state index contributed by atoms with van der Waals surface area (Å²) in [5.74, 6) is 0. The highest BCUT2D eigenvalue weighted by atomic mass is 32.2. The molecule has 20 heavy (non-hydrogen) atoms. The highest BCUT2D eigenvalue weighted by Gasteiger charge is 2.34. The molecule has 0 aliphatic rings. The zero-order chi connectivity index (χ0) is 15.2. The van der Waals surface area contributed by atoms with Crippen molar-refractivity contribution < 1.29 is 27.1 Å². The van der Waals surface area contributed by atoms with Gasteiger partial charge in [-0.1, -0.05) is 30.3 Å². The van der Waals surface area contributed by atoms with E-state index in [0.717, 1.165) is 16.2 Å². The summed E-state index contributed by atoms with van der Waals surface area (Å²) in [6.45, 7) is 0. The zero-order valence-corrected chi connectivity index (χ0v) is 11.4. The van der Waals surface area contributed by atoms with Gasteiger partial charge in [0, 0.05) is 16.8 Å². The molecule has 2 rings (SSSR count). The third-order valence-corrected chi connectivity index (χ3v) is 3.19. The van der Waals surface area contributed by atoms with Crippen molar-refractivity contribution in [3.05, 3.63) is 46.7 Å². The van der Waals surface area contributed by atoms with Crippen molar-refractivity contribution in [1.29, 1.82) is 0 Å². The van der Waals surface area contributed by atoms with Crippen LogP contribution in [0.15, 0.2) is 41.8 Å². The molecule has 110 valence electrons.